The van der Waals surface area contributed by atoms with Crippen LogP contribution < -0.4 is 9.47 Å². The minimum atomic E-state index is -0.297. The van der Waals surface area contributed by atoms with Gasteiger partial charge in [0.05, 0.1) is 31.2 Å². The smallest absolute Gasteiger partial charge is 0.333 e. The summed E-state index contributed by atoms with van der Waals surface area (Å²) in [5, 5.41) is 8.76. The van der Waals surface area contributed by atoms with Crippen LogP contribution in [0, 0.1) is 18.8 Å². The molecule has 220 valence electrons. The fraction of sp³-hybridized carbons (Fsp3) is 0.361. The van der Waals surface area contributed by atoms with Crippen LogP contribution in [0.2, 0.25) is 0 Å². The second-order valence-electron chi connectivity index (χ2n) is 10.1. The molecule has 0 heterocycles. The van der Waals surface area contributed by atoms with Crippen LogP contribution in [0.25, 0.3) is 0 Å². The first-order valence-corrected chi connectivity index (χ1v) is 14.8. The maximum absolute atomic E-state index is 11.3. The first-order valence-electron chi connectivity index (χ1n) is 14.8. The molecule has 42 heavy (non-hydrogen) atoms. The van der Waals surface area contributed by atoms with Gasteiger partial charge in [0.25, 0.3) is 0 Å². The molecular weight excluding hydrogens is 524 g/mol. The summed E-state index contributed by atoms with van der Waals surface area (Å²) in [6, 6.07) is 21.4. The van der Waals surface area contributed by atoms with Gasteiger partial charge < -0.3 is 14.2 Å². The number of hydrogen-bond acceptors (Lipinski definition) is 6. The van der Waals surface area contributed by atoms with Gasteiger partial charge in [-0.15, -0.1) is 0 Å². The molecule has 0 N–H and O–H groups in total. The number of hydrogen-bond donors (Lipinski definition) is 0. The molecule has 0 saturated carbocycles. The number of ether oxygens (including phenoxy) is 3. The lowest BCUT2D eigenvalue weighted by Gasteiger charge is -2.06. The molecule has 6 heteroatoms. The lowest BCUT2D eigenvalue weighted by molar-refractivity contribution is -0.139. The molecule has 0 bridgehead atoms. The van der Waals surface area contributed by atoms with Crippen LogP contribution in [0.3, 0.4) is 0 Å². The van der Waals surface area contributed by atoms with Gasteiger partial charge in [0.2, 0.25) is 0 Å². The molecule has 0 unspecified atom stereocenters. The molecule has 0 aliphatic carbocycles. The molecule has 3 rings (SSSR count). The predicted molar refractivity (Wildman–Crippen MR) is 169 cm³/mol. The van der Waals surface area contributed by atoms with Crippen LogP contribution in [0.1, 0.15) is 75.5 Å². The Labute approximate surface area is 250 Å². The van der Waals surface area contributed by atoms with Crippen LogP contribution in [0.4, 0.5) is 11.4 Å². The minimum absolute atomic E-state index is 0.297. The molecule has 0 aliphatic heterocycles. The van der Waals surface area contributed by atoms with Crippen molar-refractivity contribution in [3.8, 4) is 23.3 Å². The van der Waals surface area contributed by atoms with Gasteiger partial charge in [0.1, 0.15) is 11.5 Å². The average Bonchev–Trinajstić information content (AvgIpc) is 2.99. The molecule has 0 radical (unpaired) electrons. The topological polar surface area (TPSA) is 69.5 Å². The van der Waals surface area contributed by atoms with E-state index in [2.05, 4.69) is 28.6 Å². The molecule has 3 aromatic rings. The fourth-order valence-electron chi connectivity index (χ4n) is 4.08. The maximum Gasteiger partial charge on any atom is 0.333 e. The number of carbonyl (C=O) groups excluding carboxylic acids is 1. The summed E-state index contributed by atoms with van der Waals surface area (Å²) in [7, 11) is 0. The number of aryl methyl sites for hydroxylation is 1. The van der Waals surface area contributed by atoms with Crippen molar-refractivity contribution in [1.82, 2.24) is 0 Å². The van der Waals surface area contributed by atoms with E-state index >= 15 is 0 Å². The van der Waals surface area contributed by atoms with Crippen molar-refractivity contribution >= 4 is 17.3 Å². The van der Waals surface area contributed by atoms with E-state index in [0.717, 1.165) is 71.7 Å². The van der Waals surface area contributed by atoms with E-state index in [1.807, 2.05) is 80.6 Å². The molecule has 0 fully saturated rings. The molecule has 0 aromatic heterocycles. The van der Waals surface area contributed by atoms with Gasteiger partial charge in [-0.05, 0) is 106 Å². The highest BCUT2D eigenvalue weighted by Crippen LogP contribution is 2.23. The molecule has 0 atom stereocenters. The number of nitrogens with zero attached hydrogens (tertiary/aromatic N) is 2. The largest absolute Gasteiger partial charge is 0.494 e. The zero-order chi connectivity index (χ0) is 30.0. The zero-order valence-corrected chi connectivity index (χ0v) is 25.2. The van der Waals surface area contributed by atoms with E-state index in [1.54, 1.807) is 6.92 Å². The van der Waals surface area contributed by atoms with E-state index in [0.29, 0.717) is 25.4 Å². The van der Waals surface area contributed by atoms with Crippen LogP contribution >= 0.6 is 0 Å². The van der Waals surface area contributed by atoms with Crippen molar-refractivity contribution in [2.24, 2.45) is 10.2 Å². The molecule has 0 aliphatic rings. The second-order valence-corrected chi connectivity index (χ2v) is 10.1. The monoisotopic (exact) mass is 566 g/mol. The highest BCUT2D eigenvalue weighted by Gasteiger charge is 2.02. The van der Waals surface area contributed by atoms with E-state index < -0.39 is 0 Å². The van der Waals surface area contributed by atoms with Crippen molar-refractivity contribution < 1.29 is 19.0 Å². The van der Waals surface area contributed by atoms with Gasteiger partial charge in [-0.2, -0.15) is 10.2 Å². The Morgan fingerprint density at radius 2 is 1.31 bits per heavy atom. The van der Waals surface area contributed by atoms with Gasteiger partial charge in [-0.1, -0.05) is 50.5 Å². The molecule has 6 nitrogen and oxygen atoms in total. The lowest BCUT2D eigenvalue weighted by Crippen LogP contribution is -2.05. The van der Waals surface area contributed by atoms with Crippen molar-refractivity contribution in [3.05, 3.63) is 95.6 Å². The highest BCUT2D eigenvalue weighted by atomic mass is 16.5. The Morgan fingerprint density at radius 3 is 1.95 bits per heavy atom. The average molecular weight is 567 g/mol. The van der Waals surface area contributed by atoms with Crippen molar-refractivity contribution in [2.45, 2.75) is 65.7 Å². The zero-order valence-electron chi connectivity index (χ0n) is 25.2. The van der Waals surface area contributed by atoms with Crippen LogP contribution in [-0.2, 0) is 9.53 Å². The van der Waals surface area contributed by atoms with E-state index in [9.17, 15) is 4.79 Å². The number of esters is 1. The van der Waals surface area contributed by atoms with Gasteiger partial charge in [-0.3, -0.25) is 0 Å². The Balaban J connectivity index is 1.33. The Morgan fingerprint density at radius 1 is 0.738 bits per heavy atom. The van der Waals surface area contributed by atoms with Crippen LogP contribution in [0.15, 0.2) is 89.1 Å². The molecule has 0 saturated heterocycles. The summed E-state index contributed by atoms with van der Waals surface area (Å²) in [6.45, 7) is 11.1. The first-order chi connectivity index (χ1) is 20.4. The van der Waals surface area contributed by atoms with Gasteiger partial charge in [0.15, 0.2) is 0 Å². The molecule has 3 aromatic carbocycles. The van der Waals surface area contributed by atoms with E-state index in [4.69, 9.17) is 14.2 Å². The lowest BCUT2D eigenvalue weighted by atomic mass is 10.1. The van der Waals surface area contributed by atoms with Crippen LogP contribution in [-0.4, -0.2) is 25.8 Å². The SMILES string of the molecule is C=C(C)C(=O)OCCCCCCCCCOc1ccc(N=Nc2ccc(C#Cc3ccc(OCC)cc3)c(C)c2)cc1. The van der Waals surface area contributed by atoms with Crippen molar-refractivity contribution in [2.75, 3.05) is 19.8 Å². The van der Waals surface area contributed by atoms with Gasteiger partial charge in [-0.25, -0.2) is 4.79 Å². The Kier molecular flexibility index (Phi) is 13.9. The summed E-state index contributed by atoms with van der Waals surface area (Å²) < 4.78 is 16.5. The van der Waals surface area contributed by atoms with Gasteiger partial charge >= 0.3 is 5.97 Å². The normalized spacial score (nSPS) is 10.6. The van der Waals surface area contributed by atoms with Crippen molar-refractivity contribution in [1.29, 1.82) is 0 Å². The quantitative estimate of drug-likeness (QED) is 0.0569. The summed E-state index contributed by atoms with van der Waals surface area (Å²) in [5.74, 6) is 7.84. The molecule has 0 amide bonds. The summed E-state index contributed by atoms with van der Waals surface area (Å²) in [5.41, 5.74) is 4.96. The summed E-state index contributed by atoms with van der Waals surface area (Å²) >= 11 is 0. The van der Waals surface area contributed by atoms with Gasteiger partial charge in [0, 0.05) is 16.7 Å². The predicted octanol–water partition coefficient (Wildman–Crippen LogP) is 9.44. The maximum atomic E-state index is 11.3. The summed E-state index contributed by atoms with van der Waals surface area (Å²) in [6.07, 6.45) is 7.68. The minimum Gasteiger partial charge on any atom is -0.494 e. The highest BCUT2D eigenvalue weighted by molar-refractivity contribution is 5.86. The number of rotatable bonds is 16. The third-order valence-corrected chi connectivity index (χ3v) is 6.47. The Bertz CT molecular complexity index is 1370. The number of carbonyl (C=O) groups is 1. The second kappa shape index (κ2) is 18.1. The van der Waals surface area contributed by atoms with E-state index in [-0.39, 0.29) is 5.97 Å². The summed E-state index contributed by atoms with van der Waals surface area (Å²) in [4.78, 5) is 11.3. The molecule has 0 spiro atoms. The third kappa shape index (κ3) is 12.0. The van der Waals surface area contributed by atoms with E-state index in [1.165, 1.54) is 12.8 Å². The number of azo groups is 1. The standard InChI is InChI=1S/C36H42N2O4/c1-5-40-34-21-14-30(15-22-34)13-16-31-17-18-33(27-29(31)4)38-37-32-19-23-35(24-20-32)41-25-11-9-7-6-8-10-12-26-42-36(39)28(2)3/h14-15,17-24,27H,2,5-12,25-26H2,1,3-4H3. The number of unbranched alkanes of at least 4 members (excludes halogenated alkanes) is 6. The van der Waals surface area contributed by atoms with Crippen molar-refractivity contribution in [3.63, 3.8) is 0 Å². The fourth-order valence-corrected chi connectivity index (χ4v) is 4.08. The first kappa shape index (κ1) is 32.1. The van der Waals surface area contributed by atoms with Crippen LogP contribution in [0.5, 0.6) is 11.5 Å². The molecular formula is C36H42N2O4. The number of benzene rings is 3. The third-order valence-electron chi connectivity index (χ3n) is 6.47. The Hall–Kier alpha value is -4.37.